The van der Waals surface area contributed by atoms with Crippen LogP contribution in [-0.2, 0) is 17.2 Å². The Kier molecular flexibility index (Phi) is 3.81. The van der Waals surface area contributed by atoms with Crippen LogP contribution >= 0.6 is 11.6 Å². The first-order valence-corrected chi connectivity index (χ1v) is 6.22. The fourth-order valence-electron chi connectivity index (χ4n) is 1.81. The maximum absolute atomic E-state index is 11.6. The van der Waals surface area contributed by atoms with E-state index in [4.69, 9.17) is 11.6 Å². The molecule has 2 heterocycles. The molecule has 5 nitrogen and oxygen atoms in total. The quantitative estimate of drug-likeness (QED) is 0.791. The first-order chi connectivity index (χ1) is 8.63. The lowest BCUT2D eigenvalue weighted by molar-refractivity contribution is -0.128. The zero-order valence-electron chi connectivity index (χ0n) is 10.4. The van der Waals surface area contributed by atoms with Gasteiger partial charge in [0.05, 0.1) is 17.6 Å². The molecule has 0 unspecified atom stereocenters. The molecule has 0 fully saturated rings. The van der Waals surface area contributed by atoms with E-state index in [-0.39, 0.29) is 5.91 Å². The number of hydrogen-bond donors (Lipinski definition) is 0. The summed E-state index contributed by atoms with van der Waals surface area (Å²) in [6.07, 6.45) is 3.85. The first kappa shape index (κ1) is 12.8. The van der Waals surface area contributed by atoms with E-state index in [0.29, 0.717) is 18.8 Å². The maximum Gasteiger partial charge on any atom is 0.223 e. The van der Waals surface area contributed by atoms with Crippen molar-refractivity contribution < 1.29 is 4.79 Å². The van der Waals surface area contributed by atoms with Crippen molar-refractivity contribution in [2.45, 2.75) is 18.8 Å². The zero-order chi connectivity index (χ0) is 13.1. The van der Waals surface area contributed by atoms with Gasteiger partial charge in [-0.3, -0.25) is 9.78 Å². The highest BCUT2D eigenvalue weighted by Gasteiger charge is 2.11. The second-order valence-electron chi connectivity index (χ2n) is 4.22. The standard InChI is InChI=1S/C12H15ClN4O/c1-16(2)12(18)4-6-17-10-3-5-14-8-9(10)15-11(17)7-13/h3,5,8H,4,6-7H2,1-2H3. The number of amides is 1. The number of fused-ring (bicyclic) bond motifs is 1. The van der Waals surface area contributed by atoms with Crippen LogP contribution in [0.5, 0.6) is 0 Å². The van der Waals surface area contributed by atoms with E-state index in [1.165, 1.54) is 0 Å². The lowest BCUT2D eigenvalue weighted by atomic mass is 10.3. The minimum atomic E-state index is 0.0893. The van der Waals surface area contributed by atoms with E-state index in [1.54, 1.807) is 31.4 Å². The molecule has 0 aliphatic rings. The van der Waals surface area contributed by atoms with Gasteiger partial charge in [0.15, 0.2) is 0 Å². The highest BCUT2D eigenvalue weighted by molar-refractivity contribution is 6.16. The van der Waals surface area contributed by atoms with Gasteiger partial charge in [0.1, 0.15) is 11.3 Å². The summed E-state index contributed by atoms with van der Waals surface area (Å²) in [5, 5.41) is 0. The fourth-order valence-corrected chi connectivity index (χ4v) is 2.02. The van der Waals surface area contributed by atoms with Crippen molar-refractivity contribution in [3.05, 3.63) is 24.3 Å². The summed E-state index contributed by atoms with van der Waals surface area (Å²) in [5.74, 6) is 1.18. The number of rotatable bonds is 4. The van der Waals surface area contributed by atoms with Crippen LogP contribution < -0.4 is 0 Å². The fraction of sp³-hybridized carbons (Fsp3) is 0.417. The van der Waals surface area contributed by atoms with Crippen LogP contribution in [0.4, 0.5) is 0 Å². The van der Waals surface area contributed by atoms with Gasteiger partial charge in [-0.2, -0.15) is 0 Å². The van der Waals surface area contributed by atoms with Crippen molar-refractivity contribution in [2.24, 2.45) is 0 Å². The molecular formula is C12H15ClN4O. The monoisotopic (exact) mass is 266 g/mol. The van der Waals surface area contributed by atoms with Crippen LogP contribution in [-0.4, -0.2) is 39.4 Å². The van der Waals surface area contributed by atoms with E-state index in [0.717, 1.165) is 16.9 Å². The highest BCUT2D eigenvalue weighted by Crippen LogP contribution is 2.16. The molecule has 0 spiro atoms. The van der Waals surface area contributed by atoms with Gasteiger partial charge < -0.3 is 9.47 Å². The number of pyridine rings is 1. The SMILES string of the molecule is CN(C)C(=O)CCn1c(CCl)nc2cnccc21. The second-order valence-corrected chi connectivity index (χ2v) is 4.48. The highest BCUT2D eigenvalue weighted by atomic mass is 35.5. The van der Waals surface area contributed by atoms with Gasteiger partial charge in [0.25, 0.3) is 0 Å². The van der Waals surface area contributed by atoms with E-state index in [1.807, 2.05) is 10.6 Å². The Balaban J connectivity index is 2.28. The number of carbonyl (C=O) groups excluding carboxylic acids is 1. The van der Waals surface area contributed by atoms with E-state index in [2.05, 4.69) is 9.97 Å². The van der Waals surface area contributed by atoms with Crippen molar-refractivity contribution in [1.29, 1.82) is 0 Å². The van der Waals surface area contributed by atoms with E-state index in [9.17, 15) is 4.79 Å². The van der Waals surface area contributed by atoms with Gasteiger partial charge in [0.2, 0.25) is 5.91 Å². The summed E-state index contributed by atoms with van der Waals surface area (Å²) in [6.45, 7) is 0.583. The van der Waals surface area contributed by atoms with Crippen molar-refractivity contribution in [1.82, 2.24) is 19.4 Å². The largest absolute Gasteiger partial charge is 0.349 e. The van der Waals surface area contributed by atoms with Crippen molar-refractivity contribution in [3.8, 4) is 0 Å². The molecule has 0 saturated heterocycles. The molecule has 0 radical (unpaired) electrons. The predicted octanol–water partition coefficient (Wildman–Crippen LogP) is 1.65. The summed E-state index contributed by atoms with van der Waals surface area (Å²) < 4.78 is 1.98. The number of aryl methyl sites for hydroxylation is 1. The van der Waals surface area contributed by atoms with E-state index < -0.39 is 0 Å². The molecule has 2 aromatic heterocycles. The number of imidazole rings is 1. The Morgan fingerprint density at radius 3 is 2.94 bits per heavy atom. The Morgan fingerprint density at radius 2 is 2.28 bits per heavy atom. The Morgan fingerprint density at radius 1 is 1.50 bits per heavy atom. The molecule has 1 amide bonds. The predicted molar refractivity (Wildman–Crippen MR) is 70.4 cm³/mol. The molecule has 96 valence electrons. The topological polar surface area (TPSA) is 51.0 Å². The molecule has 2 aromatic rings. The van der Waals surface area contributed by atoms with Crippen molar-refractivity contribution >= 4 is 28.5 Å². The van der Waals surface area contributed by atoms with E-state index >= 15 is 0 Å². The number of aromatic nitrogens is 3. The third kappa shape index (κ3) is 2.46. The smallest absolute Gasteiger partial charge is 0.223 e. The van der Waals surface area contributed by atoms with Gasteiger partial charge in [-0.1, -0.05) is 0 Å². The van der Waals surface area contributed by atoms with Crippen molar-refractivity contribution in [2.75, 3.05) is 14.1 Å². The summed E-state index contributed by atoms with van der Waals surface area (Å²) in [6, 6.07) is 1.89. The first-order valence-electron chi connectivity index (χ1n) is 5.68. The molecule has 0 bridgehead atoms. The summed E-state index contributed by atoms with van der Waals surface area (Å²) in [7, 11) is 3.50. The third-order valence-electron chi connectivity index (χ3n) is 2.80. The van der Waals surface area contributed by atoms with Gasteiger partial charge in [-0.25, -0.2) is 4.98 Å². The Labute approximate surface area is 110 Å². The van der Waals surface area contributed by atoms with Gasteiger partial charge in [-0.05, 0) is 6.07 Å². The summed E-state index contributed by atoms with van der Waals surface area (Å²) in [4.78, 5) is 21.6. The van der Waals surface area contributed by atoms with Gasteiger partial charge >= 0.3 is 0 Å². The molecule has 0 aliphatic heterocycles. The minimum Gasteiger partial charge on any atom is -0.349 e. The lowest BCUT2D eigenvalue weighted by Crippen LogP contribution is -2.23. The third-order valence-corrected chi connectivity index (χ3v) is 3.04. The number of halogens is 1. The molecule has 0 aromatic carbocycles. The molecule has 2 rings (SSSR count). The second kappa shape index (κ2) is 5.35. The normalized spacial score (nSPS) is 10.8. The number of carbonyl (C=O) groups is 1. The molecule has 6 heteroatoms. The van der Waals surface area contributed by atoms with Crippen LogP contribution in [0, 0.1) is 0 Å². The molecule has 18 heavy (non-hydrogen) atoms. The van der Waals surface area contributed by atoms with Crippen LogP contribution in [0.1, 0.15) is 12.2 Å². The molecular weight excluding hydrogens is 252 g/mol. The Bertz CT molecular complexity index is 564. The minimum absolute atomic E-state index is 0.0893. The zero-order valence-corrected chi connectivity index (χ0v) is 11.2. The molecule has 0 N–H and O–H groups in total. The molecule has 0 aliphatic carbocycles. The average Bonchev–Trinajstić information content (AvgIpc) is 2.73. The molecule has 0 atom stereocenters. The van der Waals surface area contributed by atoms with Gasteiger partial charge in [-0.15, -0.1) is 11.6 Å². The van der Waals surface area contributed by atoms with Crippen LogP contribution in [0.2, 0.25) is 0 Å². The number of nitrogens with zero attached hydrogens (tertiary/aromatic N) is 4. The summed E-state index contributed by atoms with van der Waals surface area (Å²) in [5.41, 5.74) is 1.78. The number of hydrogen-bond acceptors (Lipinski definition) is 3. The Hall–Kier alpha value is -1.62. The number of alkyl halides is 1. The van der Waals surface area contributed by atoms with Crippen molar-refractivity contribution in [3.63, 3.8) is 0 Å². The van der Waals surface area contributed by atoms with Crippen LogP contribution in [0.15, 0.2) is 18.5 Å². The average molecular weight is 267 g/mol. The van der Waals surface area contributed by atoms with Crippen LogP contribution in [0.25, 0.3) is 11.0 Å². The lowest BCUT2D eigenvalue weighted by Gasteiger charge is -2.11. The maximum atomic E-state index is 11.6. The van der Waals surface area contributed by atoms with Crippen LogP contribution in [0.3, 0.4) is 0 Å². The van der Waals surface area contributed by atoms with Gasteiger partial charge in [0, 0.05) is 33.3 Å². The molecule has 0 saturated carbocycles. The summed E-state index contributed by atoms with van der Waals surface area (Å²) >= 11 is 5.88.